The Labute approximate surface area is 151 Å². The lowest BCUT2D eigenvalue weighted by molar-refractivity contribution is -0.132. The summed E-state index contributed by atoms with van der Waals surface area (Å²) < 4.78 is 0. The number of carbonyl (C=O) groups excluding carboxylic acids is 1. The highest BCUT2D eigenvalue weighted by molar-refractivity contribution is 5.79. The molecule has 3 rings (SSSR count). The van der Waals surface area contributed by atoms with Gasteiger partial charge in [-0.15, -0.1) is 0 Å². The Balaban J connectivity index is 1.64. The van der Waals surface area contributed by atoms with Gasteiger partial charge >= 0.3 is 0 Å². The van der Waals surface area contributed by atoms with E-state index in [0.717, 1.165) is 25.2 Å². The van der Waals surface area contributed by atoms with Crippen LogP contribution in [0.1, 0.15) is 37.8 Å². The Morgan fingerprint density at radius 2 is 1.84 bits per heavy atom. The zero-order valence-electron chi connectivity index (χ0n) is 15.5. The fourth-order valence-corrected chi connectivity index (χ4v) is 3.52. The van der Waals surface area contributed by atoms with Crippen LogP contribution in [-0.2, 0) is 11.2 Å². The standard InChI is InChI=1S/C22H28N2O/c1-17(2)20-10-7-11-21(15-20)23-12-13-24(18(3)16-23)22(25)14-19-8-5-4-6-9-19/h4-11,15,17-18H,12-14,16H2,1-3H3/t18-/m0/s1. The minimum atomic E-state index is 0.229. The summed E-state index contributed by atoms with van der Waals surface area (Å²) in [6.07, 6.45) is 0.494. The second-order valence-electron chi connectivity index (χ2n) is 7.29. The van der Waals surface area contributed by atoms with Gasteiger partial charge in [-0.1, -0.05) is 56.3 Å². The lowest BCUT2D eigenvalue weighted by atomic mass is 10.0. The second-order valence-corrected chi connectivity index (χ2v) is 7.29. The summed E-state index contributed by atoms with van der Waals surface area (Å²) >= 11 is 0. The van der Waals surface area contributed by atoms with Crippen LogP contribution in [0.15, 0.2) is 54.6 Å². The van der Waals surface area contributed by atoms with Gasteiger partial charge < -0.3 is 9.80 Å². The van der Waals surface area contributed by atoms with Crippen LogP contribution in [0.25, 0.3) is 0 Å². The molecule has 1 heterocycles. The molecule has 132 valence electrons. The molecule has 25 heavy (non-hydrogen) atoms. The summed E-state index contributed by atoms with van der Waals surface area (Å²) in [5, 5.41) is 0. The van der Waals surface area contributed by atoms with E-state index in [4.69, 9.17) is 0 Å². The lowest BCUT2D eigenvalue weighted by Crippen LogP contribution is -2.54. The monoisotopic (exact) mass is 336 g/mol. The summed E-state index contributed by atoms with van der Waals surface area (Å²) in [5.74, 6) is 0.764. The van der Waals surface area contributed by atoms with Gasteiger partial charge in [0.2, 0.25) is 5.91 Å². The maximum absolute atomic E-state index is 12.7. The van der Waals surface area contributed by atoms with Gasteiger partial charge in [0.15, 0.2) is 0 Å². The molecule has 3 heteroatoms. The van der Waals surface area contributed by atoms with E-state index >= 15 is 0 Å². The third-order valence-corrected chi connectivity index (χ3v) is 5.05. The average molecular weight is 336 g/mol. The van der Waals surface area contributed by atoms with Gasteiger partial charge in [0.25, 0.3) is 0 Å². The summed E-state index contributed by atoms with van der Waals surface area (Å²) in [4.78, 5) is 17.1. The molecule has 2 aromatic rings. The average Bonchev–Trinajstić information content (AvgIpc) is 2.62. The van der Waals surface area contributed by atoms with E-state index in [1.807, 2.05) is 35.2 Å². The maximum Gasteiger partial charge on any atom is 0.227 e. The number of carbonyl (C=O) groups is 1. The number of hydrogen-bond acceptors (Lipinski definition) is 2. The smallest absolute Gasteiger partial charge is 0.227 e. The summed E-state index contributed by atoms with van der Waals surface area (Å²) in [6.45, 7) is 9.18. The third-order valence-electron chi connectivity index (χ3n) is 5.05. The molecule has 0 spiro atoms. The zero-order chi connectivity index (χ0) is 17.8. The Bertz CT molecular complexity index is 711. The Morgan fingerprint density at radius 3 is 2.52 bits per heavy atom. The van der Waals surface area contributed by atoms with Crippen LogP contribution in [0.5, 0.6) is 0 Å². The molecule has 0 bridgehead atoms. The quantitative estimate of drug-likeness (QED) is 0.839. The Kier molecular flexibility index (Phi) is 5.42. The molecule has 0 aliphatic carbocycles. The number of anilines is 1. The van der Waals surface area contributed by atoms with Gasteiger partial charge in [0, 0.05) is 31.4 Å². The highest BCUT2D eigenvalue weighted by Gasteiger charge is 2.27. The van der Waals surface area contributed by atoms with Crippen molar-refractivity contribution < 1.29 is 4.79 Å². The van der Waals surface area contributed by atoms with Crippen molar-refractivity contribution >= 4 is 11.6 Å². The van der Waals surface area contributed by atoms with Gasteiger partial charge in [0.05, 0.1) is 6.42 Å². The number of hydrogen-bond donors (Lipinski definition) is 0. The SMILES string of the molecule is CC(C)c1cccc(N2CCN(C(=O)Cc3ccccc3)[C@@H](C)C2)c1. The molecular formula is C22H28N2O. The van der Waals surface area contributed by atoms with Crippen LogP contribution in [0.3, 0.4) is 0 Å². The van der Waals surface area contributed by atoms with Gasteiger partial charge in [-0.25, -0.2) is 0 Å². The van der Waals surface area contributed by atoms with E-state index < -0.39 is 0 Å². The number of nitrogens with zero attached hydrogens (tertiary/aromatic N) is 2. The normalized spacial score (nSPS) is 17.8. The van der Waals surface area contributed by atoms with Crippen LogP contribution < -0.4 is 4.90 Å². The zero-order valence-corrected chi connectivity index (χ0v) is 15.5. The third kappa shape index (κ3) is 4.22. The highest BCUT2D eigenvalue weighted by atomic mass is 16.2. The number of piperazine rings is 1. The van der Waals surface area contributed by atoms with Crippen molar-refractivity contribution in [2.45, 2.75) is 39.2 Å². The van der Waals surface area contributed by atoms with Gasteiger partial charge in [-0.2, -0.15) is 0 Å². The van der Waals surface area contributed by atoms with E-state index in [2.05, 4.69) is 49.9 Å². The number of rotatable bonds is 4. The first-order chi connectivity index (χ1) is 12.0. The van der Waals surface area contributed by atoms with Crippen molar-refractivity contribution in [1.82, 2.24) is 4.90 Å². The molecule has 0 aromatic heterocycles. The number of benzene rings is 2. The maximum atomic E-state index is 12.7. The summed E-state index contributed by atoms with van der Waals surface area (Å²) in [5.41, 5.74) is 3.73. The largest absolute Gasteiger partial charge is 0.368 e. The van der Waals surface area contributed by atoms with Crippen LogP contribution in [0.2, 0.25) is 0 Å². The Morgan fingerprint density at radius 1 is 1.08 bits per heavy atom. The molecular weight excluding hydrogens is 308 g/mol. The highest BCUT2D eigenvalue weighted by Crippen LogP contribution is 2.24. The molecule has 1 amide bonds. The fourth-order valence-electron chi connectivity index (χ4n) is 3.52. The molecule has 1 saturated heterocycles. The van der Waals surface area contributed by atoms with Gasteiger partial charge in [0.1, 0.15) is 0 Å². The molecule has 0 saturated carbocycles. The summed E-state index contributed by atoms with van der Waals surface area (Å²) in [6, 6.07) is 19.1. The first kappa shape index (κ1) is 17.5. The van der Waals surface area contributed by atoms with E-state index in [1.165, 1.54) is 11.3 Å². The first-order valence-corrected chi connectivity index (χ1v) is 9.23. The molecule has 1 aliphatic heterocycles. The van der Waals surface area contributed by atoms with Gasteiger partial charge in [-0.3, -0.25) is 4.79 Å². The van der Waals surface area contributed by atoms with E-state index in [9.17, 15) is 4.79 Å². The number of amides is 1. The molecule has 1 aliphatic rings. The molecule has 2 aromatic carbocycles. The fraction of sp³-hybridized carbons (Fsp3) is 0.409. The topological polar surface area (TPSA) is 23.6 Å². The van der Waals surface area contributed by atoms with Crippen molar-refractivity contribution in [3.8, 4) is 0 Å². The lowest BCUT2D eigenvalue weighted by Gasteiger charge is -2.41. The van der Waals surface area contributed by atoms with Crippen molar-refractivity contribution in [1.29, 1.82) is 0 Å². The first-order valence-electron chi connectivity index (χ1n) is 9.23. The minimum Gasteiger partial charge on any atom is -0.368 e. The van der Waals surface area contributed by atoms with Gasteiger partial charge in [-0.05, 0) is 36.1 Å². The van der Waals surface area contributed by atoms with Crippen molar-refractivity contribution in [3.05, 3.63) is 65.7 Å². The van der Waals surface area contributed by atoms with Crippen LogP contribution >= 0.6 is 0 Å². The molecule has 0 N–H and O–H groups in total. The molecule has 1 fully saturated rings. The van der Waals surface area contributed by atoms with E-state index in [0.29, 0.717) is 12.3 Å². The van der Waals surface area contributed by atoms with Crippen LogP contribution in [0, 0.1) is 0 Å². The molecule has 0 radical (unpaired) electrons. The van der Waals surface area contributed by atoms with Crippen molar-refractivity contribution in [3.63, 3.8) is 0 Å². The predicted molar refractivity (Wildman–Crippen MR) is 104 cm³/mol. The van der Waals surface area contributed by atoms with Crippen LogP contribution in [0.4, 0.5) is 5.69 Å². The Hall–Kier alpha value is -2.29. The second kappa shape index (κ2) is 7.73. The van der Waals surface area contributed by atoms with E-state index in [-0.39, 0.29) is 11.9 Å². The molecule has 0 unspecified atom stereocenters. The van der Waals surface area contributed by atoms with Crippen molar-refractivity contribution in [2.24, 2.45) is 0 Å². The predicted octanol–water partition coefficient (Wildman–Crippen LogP) is 4.09. The summed E-state index contributed by atoms with van der Waals surface area (Å²) in [7, 11) is 0. The molecule has 1 atom stereocenters. The molecule has 3 nitrogen and oxygen atoms in total. The van der Waals surface area contributed by atoms with E-state index in [1.54, 1.807) is 0 Å². The minimum absolute atomic E-state index is 0.229. The van der Waals surface area contributed by atoms with Crippen LogP contribution in [-0.4, -0.2) is 36.5 Å². The van der Waals surface area contributed by atoms with Crippen molar-refractivity contribution in [2.75, 3.05) is 24.5 Å².